The summed E-state index contributed by atoms with van der Waals surface area (Å²) in [6, 6.07) is 6.91. The first-order valence-electron chi connectivity index (χ1n) is 12.5. The molecule has 2 atom stereocenters. The van der Waals surface area contributed by atoms with Gasteiger partial charge in [-0.2, -0.15) is 20.5 Å². The SMILES string of the molecule is CC(=O)C(N=Nc1cc(C(=O)Cl)ccc1Cl)C(=O)Nc1cc(Cl)c(NC(=O)C(N=Nc2cc(C(=O)Cl)ccc2Cl)C(C)=O)cc1Cl. The van der Waals surface area contributed by atoms with E-state index in [4.69, 9.17) is 69.6 Å². The second-order valence-corrected chi connectivity index (χ2v) is 11.4. The minimum absolute atomic E-state index is 0.0150. The third-order valence-electron chi connectivity index (χ3n) is 5.75. The number of carbonyl (C=O) groups excluding carboxylic acids is 6. The molecule has 2 N–H and O–H groups in total. The van der Waals surface area contributed by atoms with Gasteiger partial charge in [-0.25, -0.2) is 0 Å². The van der Waals surface area contributed by atoms with Gasteiger partial charge in [-0.1, -0.05) is 46.4 Å². The molecule has 0 saturated carbocycles. The molecule has 238 valence electrons. The Balaban J connectivity index is 1.79. The Labute approximate surface area is 290 Å². The number of hydrogen-bond donors (Lipinski definition) is 2. The zero-order valence-electron chi connectivity index (χ0n) is 23.3. The molecule has 2 amide bonds. The fourth-order valence-corrected chi connectivity index (χ4v) is 4.41. The van der Waals surface area contributed by atoms with Crippen molar-refractivity contribution in [1.82, 2.24) is 0 Å². The van der Waals surface area contributed by atoms with E-state index in [1.807, 2.05) is 0 Å². The normalized spacial score (nSPS) is 12.5. The zero-order valence-corrected chi connectivity index (χ0v) is 27.8. The molecule has 12 nitrogen and oxygen atoms in total. The van der Waals surface area contributed by atoms with Gasteiger partial charge >= 0.3 is 0 Å². The number of Topliss-reactive ketones (excluding diaryl/α,β-unsaturated/α-hetero) is 2. The van der Waals surface area contributed by atoms with Crippen LogP contribution in [0.5, 0.6) is 0 Å². The molecule has 0 aliphatic rings. The highest BCUT2D eigenvalue weighted by Gasteiger charge is 2.27. The van der Waals surface area contributed by atoms with Gasteiger partial charge in [0.1, 0.15) is 11.4 Å². The molecule has 0 heterocycles. The number of azo groups is 2. The Kier molecular flexibility index (Phi) is 12.9. The molecule has 18 heteroatoms. The van der Waals surface area contributed by atoms with Crippen molar-refractivity contribution in [1.29, 1.82) is 0 Å². The largest absolute Gasteiger partial charge is 0.322 e. The van der Waals surface area contributed by atoms with Gasteiger partial charge in [-0.3, -0.25) is 28.8 Å². The van der Waals surface area contributed by atoms with Crippen molar-refractivity contribution in [2.24, 2.45) is 20.5 Å². The summed E-state index contributed by atoms with van der Waals surface area (Å²) in [6.07, 6.45) is 0. The maximum Gasteiger partial charge on any atom is 0.258 e. The predicted molar refractivity (Wildman–Crippen MR) is 175 cm³/mol. The lowest BCUT2D eigenvalue weighted by Gasteiger charge is -2.15. The quantitative estimate of drug-likeness (QED) is 0.107. The maximum atomic E-state index is 12.9. The fraction of sp³-hybridized carbons (Fsp3) is 0.143. The van der Waals surface area contributed by atoms with Gasteiger partial charge < -0.3 is 10.6 Å². The summed E-state index contributed by atoms with van der Waals surface area (Å²) in [4.78, 5) is 73.2. The number of carbonyl (C=O) groups is 6. The van der Waals surface area contributed by atoms with Gasteiger partial charge in [0.25, 0.3) is 22.3 Å². The van der Waals surface area contributed by atoms with Crippen LogP contribution >= 0.6 is 69.6 Å². The number of amides is 2. The van der Waals surface area contributed by atoms with Crippen LogP contribution in [0.15, 0.2) is 69.0 Å². The Bertz CT molecular complexity index is 1700. The van der Waals surface area contributed by atoms with E-state index < -0.39 is 45.9 Å². The Morgan fingerprint density at radius 1 is 0.565 bits per heavy atom. The second kappa shape index (κ2) is 16.2. The molecular formula is C28H18Cl6N6O6. The summed E-state index contributed by atoms with van der Waals surface area (Å²) in [7, 11) is 0. The van der Waals surface area contributed by atoms with Crippen LogP contribution in [0.3, 0.4) is 0 Å². The highest BCUT2D eigenvalue weighted by Crippen LogP contribution is 2.34. The van der Waals surface area contributed by atoms with Gasteiger partial charge in [0.15, 0.2) is 11.6 Å². The van der Waals surface area contributed by atoms with E-state index in [9.17, 15) is 28.8 Å². The summed E-state index contributed by atoms with van der Waals surface area (Å²) in [5.74, 6) is -3.27. The number of nitrogens with zero attached hydrogens (tertiary/aromatic N) is 4. The number of rotatable bonds is 12. The van der Waals surface area contributed by atoms with Crippen molar-refractivity contribution in [2.75, 3.05) is 10.6 Å². The van der Waals surface area contributed by atoms with Crippen LogP contribution in [-0.2, 0) is 19.2 Å². The van der Waals surface area contributed by atoms with E-state index in [1.165, 1.54) is 48.5 Å². The van der Waals surface area contributed by atoms with Crippen LogP contribution in [0.2, 0.25) is 20.1 Å². The predicted octanol–water partition coefficient (Wildman–Crippen LogP) is 8.42. The van der Waals surface area contributed by atoms with Gasteiger partial charge in [-0.05, 0) is 85.6 Å². The van der Waals surface area contributed by atoms with Crippen LogP contribution in [0.4, 0.5) is 22.7 Å². The number of anilines is 2. The van der Waals surface area contributed by atoms with Gasteiger partial charge in [0.2, 0.25) is 12.1 Å². The number of nitrogens with one attached hydrogen (secondary N) is 2. The molecule has 0 spiro atoms. The first-order valence-corrected chi connectivity index (χ1v) is 14.8. The lowest BCUT2D eigenvalue weighted by atomic mass is 10.2. The average molecular weight is 747 g/mol. The highest BCUT2D eigenvalue weighted by molar-refractivity contribution is 6.68. The van der Waals surface area contributed by atoms with E-state index in [2.05, 4.69) is 31.1 Å². The van der Waals surface area contributed by atoms with E-state index >= 15 is 0 Å². The maximum absolute atomic E-state index is 12.9. The molecule has 0 aliphatic carbocycles. The van der Waals surface area contributed by atoms with Crippen molar-refractivity contribution in [3.63, 3.8) is 0 Å². The minimum atomic E-state index is -1.65. The van der Waals surface area contributed by atoms with E-state index in [-0.39, 0.29) is 54.0 Å². The number of halogens is 6. The summed E-state index contributed by atoms with van der Waals surface area (Å²) in [5.41, 5.74) is -0.0221. The first kappa shape index (κ1) is 36.7. The standard InChI is InChI=1S/C28H18Cl6N6O6/c1-11(41)23(39-37-21-7-13(25(33)43)3-5-15(21)29)27(45)35-19-9-18(32)20(10-17(19)31)36-28(46)24(12(2)42)40-38-22-8-14(26(34)44)4-6-16(22)30/h3-10,23-24H,1-2H3,(H,35,45)(H,36,46). The third-order valence-corrected chi connectivity index (χ3v) is 7.45. The molecule has 46 heavy (non-hydrogen) atoms. The van der Waals surface area contributed by atoms with Crippen molar-refractivity contribution >= 4 is 126 Å². The average Bonchev–Trinajstić information content (AvgIpc) is 2.97. The zero-order chi connectivity index (χ0) is 34.3. The smallest absolute Gasteiger partial charge is 0.258 e. The van der Waals surface area contributed by atoms with Crippen LogP contribution in [0, 0.1) is 0 Å². The molecular weight excluding hydrogens is 729 g/mol. The van der Waals surface area contributed by atoms with E-state index in [0.29, 0.717) is 0 Å². The topological polar surface area (TPSA) is 176 Å². The number of benzene rings is 3. The van der Waals surface area contributed by atoms with E-state index in [0.717, 1.165) is 13.8 Å². The Hall–Kier alpha value is -3.78. The van der Waals surface area contributed by atoms with Gasteiger partial charge in [0.05, 0.1) is 31.5 Å². The minimum Gasteiger partial charge on any atom is -0.322 e. The summed E-state index contributed by atoms with van der Waals surface area (Å²) in [5, 5.41) is 18.3. The van der Waals surface area contributed by atoms with Gasteiger partial charge in [0, 0.05) is 11.1 Å². The monoisotopic (exact) mass is 744 g/mol. The molecule has 0 radical (unpaired) electrons. The summed E-state index contributed by atoms with van der Waals surface area (Å²) < 4.78 is 0. The van der Waals surface area contributed by atoms with Crippen LogP contribution in [0.25, 0.3) is 0 Å². The van der Waals surface area contributed by atoms with Crippen LogP contribution < -0.4 is 10.6 Å². The van der Waals surface area contributed by atoms with Crippen LogP contribution in [-0.4, -0.2) is 45.9 Å². The molecule has 3 aromatic rings. The Morgan fingerprint density at radius 3 is 1.22 bits per heavy atom. The molecule has 0 aromatic heterocycles. The molecule has 3 rings (SSSR count). The van der Waals surface area contributed by atoms with Crippen molar-refractivity contribution in [3.8, 4) is 0 Å². The van der Waals surface area contributed by atoms with Crippen molar-refractivity contribution < 1.29 is 28.8 Å². The lowest BCUT2D eigenvalue weighted by Crippen LogP contribution is -2.32. The number of hydrogen-bond acceptors (Lipinski definition) is 10. The van der Waals surface area contributed by atoms with Crippen molar-refractivity contribution in [2.45, 2.75) is 25.9 Å². The molecule has 0 aliphatic heterocycles. The van der Waals surface area contributed by atoms with Gasteiger partial charge in [-0.15, -0.1) is 0 Å². The molecule has 2 unspecified atom stereocenters. The van der Waals surface area contributed by atoms with Crippen LogP contribution in [0.1, 0.15) is 34.6 Å². The summed E-state index contributed by atoms with van der Waals surface area (Å²) >= 11 is 35.7. The number of ketones is 2. The summed E-state index contributed by atoms with van der Waals surface area (Å²) in [6.45, 7) is 2.20. The molecule has 0 fully saturated rings. The third kappa shape index (κ3) is 9.61. The Morgan fingerprint density at radius 2 is 0.913 bits per heavy atom. The molecule has 3 aromatic carbocycles. The highest BCUT2D eigenvalue weighted by atomic mass is 35.5. The van der Waals surface area contributed by atoms with Crippen molar-refractivity contribution in [3.05, 3.63) is 79.7 Å². The molecule has 0 saturated heterocycles. The van der Waals surface area contributed by atoms with E-state index in [1.54, 1.807) is 0 Å². The fourth-order valence-electron chi connectivity index (χ4n) is 3.44. The first-order chi connectivity index (χ1) is 21.6. The lowest BCUT2D eigenvalue weighted by molar-refractivity contribution is -0.127. The molecule has 0 bridgehead atoms. The second-order valence-electron chi connectivity index (χ2n) is 9.13.